The molecule has 0 aliphatic carbocycles. The SMILES string of the molecule is COc1ccc2[nH]cc(CCN3C(=O)C(=O)/C(=C(\O)c4ccc(Cl)cc4Cl)C3c3ccccc3[N+](=O)[O-])c2c1. The number of nitrogens with zero attached hydrogens (tertiary/aromatic N) is 2. The highest BCUT2D eigenvalue weighted by Crippen LogP contribution is 2.43. The van der Waals surface area contributed by atoms with Gasteiger partial charge in [0, 0.05) is 40.3 Å². The fourth-order valence-electron chi connectivity index (χ4n) is 4.88. The second-order valence-corrected chi connectivity index (χ2v) is 9.75. The number of aromatic amines is 1. The number of benzene rings is 3. The molecule has 1 unspecified atom stereocenters. The number of Topliss-reactive ketones (excluding diaryl/α,β-unsaturated/α-hetero) is 1. The highest BCUT2D eigenvalue weighted by molar-refractivity contribution is 6.47. The molecule has 0 radical (unpaired) electrons. The quantitative estimate of drug-likeness (QED) is 0.0922. The first-order valence-electron chi connectivity index (χ1n) is 11.8. The van der Waals surface area contributed by atoms with Crippen molar-refractivity contribution in [3.8, 4) is 5.75 Å². The smallest absolute Gasteiger partial charge is 0.295 e. The summed E-state index contributed by atoms with van der Waals surface area (Å²) in [6.07, 6.45) is 2.12. The van der Waals surface area contributed by atoms with Crippen LogP contribution in [0.5, 0.6) is 5.75 Å². The number of carbonyl (C=O) groups excluding carboxylic acids is 2. The van der Waals surface area contributed by atoms with E-state index >= 15 is 0 Å². The number of halogens is 2. The minimum atomic E-state index is -1.22. The molecule has 5 rings (SSSR count). The largest absolute Gasteiger partial charge is 0.507 e. The van der Waals surface area contributed by atoms with Gasteiger partial charge in [-0.05, 0) is 54.4 Å². The Kier molecular flexibility index (Phi) is 7.03. The number of aromatic nitrogens is 1. The van der Waals surface area contributed by atoms with Gasteiger partial charge in [0.15, 0.2) is 0 Å². The van der Waals surface area contributed by atoms with Gasteiger partial charge in [-0.25, -0.2) is 0 Å². The number of nitro groups is 1. The van der Waals surface area contributed by atoms with Crippen LogP contribution < -0.4 is 4.74 Å². The lowest BCUT2D eigenvalue weighted by molar-refractivity contribution is -0.385. The maximum absolute atomic E-state index is 13.4. The molecule has 2 heterocycles. The van der Waals surface area contributed by atoms with Gasteiger partial charge >= 0.3 is 0 Å². The Hall–Kier alpha value is -4.34. The number of hydrogen-bond acceptors (Lipinski definition) is 6. The summed E-state index contributed by atoms with van der Waals surface area (Å²) in [7, 11) is 1.56. The molecule has 3 aromatic carbocycles. The third-order valence-electron chi connectivity index (χ3n) is 6.75. The number of ether oxygens (including phenoxy) is 1. The zero-order valence-electron chi connectivity index (χ0n) is 20.5. The highest BCUT2D eigenvalue weighted by atomic mass is 35.5. The van der Waals surface area contributed by atoms with E-state index in [1.165, 1.54) is 41.3 Å². The molecule has 39 heavy (non-hydrogen) atoms. The maximum Gasteiger partial charge on any atom is 0.295 e. The zero-order valence-corrected chi connectivity index (χ0v) is 22.0. The Morgan fingerprint density at radius 3 is 2.62 bits per heavy atom. The second-order valence-electron chi connectivity index (χ2n) is 8.91. The van der Waals surface area contributed by atoms with Crippen LogP contribution in [0.15, 0.2) is 72.4 Å². The van der Waals surface area contributed by atoms with E-state index in [0.29, 0.717) is 17.2 Å². The molecular weight excluding hydrogens is 545 g/mol. The molecule has 1 saturated heterocycles. The van der Waals surface area contributed by atoms with Crippen LogP contribution in [0.25, 0.3) is 16.7 Å². The number of likely N-dealkylation sites (tertiary alicyclic amines) is 1. The fraction of sp³-hybridized carbons (Fsp3) is 0.143. The molecule has 198 valence electrons. The average Bonchev–Trinajstić information content (AvgIpc) is 3.44. The number of nitro benzene ring substituents is 1. The van der Waals surface area contributed by atoms with Gasteiger partial charge in [0.05, 0.1) is 34.2 Å². The van der Waals surface area contributed by atoms with Gasteiger partial charge in [-0.1, -0.05) is 35.3 Å². The van der Waals surface area contributed by atoms with E-state index in [-0.39, 0.29) is 34.0 Å². The van der Waals surface area contributed by atoms with Crippen molar-refractivity contribution >= 4 is 57.2 Å². The molecule has 0 spiro atoms. The van der Waals surface area contributed by atoms with Crippen molar-refractivity contribution in [2.45, 2.75) is 12.5 Å². The van der Waals surface area contributed by atoms with E-state index in [0.717, 1.165) is 16.5 Å². The highest BCUT2D eigenvalue weighted by Gasteiger charge is 2.48. The van der Waals surface area contributed by atoms with Crippen LogP contribution in [0, 0.1) is 10.1 Å². The third-order valence-corrected chi connectivity index (χ3v) is 7.30. The number of ketones is 1. The number of aliphatic hydroxyl groups is 1. The van der Waals surface area contributed by atoms with E-state index < -0.39 is 28.4 Å². The number of rotatable bonds is 7. The molecule has 1 amide bonds. The molecule has 0 bridgehead atoms. The van der Waals surface area contributed by atoms with Gasteiger partial charge in [0.1, 0.15) is 11.5 Å². The van der Waals surface area contributed by atoms with Gasteiger partial charge in [0.25, 0.3) is 17.4 Å². The summed E-state index contributed by atoms with van der Waals surface area (Å²) in [6, 6.07) is 14.4. The van der Waals surface area contributed by atoms with Gasteiger partial charge in [-0.15, -0.1) is 0 Å². The number of carbonyl (C=O) groups is 2. The van der Waals surface area contributed by atoms with E-state index in [1.807, 2.05) is 18.2 Å². The molecule has 1 fully saturated rings. The minimum absolute atomic E-state index is 0.0383. The normalized spacial score (nSPS) is 16.7. The molecule has 1 aliphatic rings. The molecule has 9 nitrogen and oxygen atoms in total. The zero-order chi connectivity index (χ0) is 27.8. The van der Waals surface area contributed by atoms with Crippen molar-refractivity contribution < 1.29 is 24.4 Å². The van der Waals surface area contributed by atoms with E-state index in [4.69, 9.17) is 27.9 Å². The van der Waals surface area contributed by atoms with Crippen LogP contribution in [0.1, 0.15) is 22.7 Å². The summed E-state index contributed by atoms with van der Waals surface area (Å²) in [4.78, 5) is 42.5. The van der Waals surface area contributed by atoms with Crippen molar-refractivity contribution in [1.29, 1.82) is 0 Å². The summed E-state index contributed by atoms with van der Waals surface area (Å²) in [5.74, 6) is -1.74. The Labute approximate surface area is 232 Å². The Bertz CT molecular complexity index is 1680. The number of nitrogens with one attached hydrogen (secondary N) is 1. The Morgan fingerprint density at radius 2 is 1.90 bits per heavy atom. The van der Waals surface area contributed by atoms with E-state index in [2.05, 4.69) is 4.98 Å². The van der Waals surface area contributed by atoms with Gasteiger partial charge in [0.2, 0.25) is 0 Å². The summed E-state index contributed by atoms with van der Waals surface area (Å²) in [6.45, 7) is 0.0383. The molecule has 4 aromatic rings. The van der Waals surface area contributed by atoms with Crippen LogP contribution >= 0.6 is 23.2 Å². The third kappa shape index (κ3) is 4.71. The van der Waals surface area contributed by atoms with Crippen LogP contribution in [0.2, 0.25) is 10.0 Å². The van der Waals surface area contributed by atoms with Crippen molar-refractivity contribution in [3.05, 3.63) is 109 Å². The topological polar surface area (TPSA) is 126 Å². The standard InChI is InChI=1S/C28H21Cl2N3O6/c1-39-17-7-9-22-20(13-17)15(14-31-22)10-11-32-25(19-4-2-3-5-23(19)33(37)38)24(27(35)28(32)36)26(34)18-8-6-16(29)12-21(18)30/h2-9,12-14,25,31,34H,10-11H2,1H3/b26-24-. The molecule has 11 heteroatoms. The second kappa shape index (κ2) is 10.4. The lowest BCUT2D eigenvalue weighted by Crippen LogP contribution is -2.32. The van der Waals surface area contributed by atoms with Crippen LogP contribution in [-0.2, 0) is 16.0 Å². The minimum Gasteiger partial charge on any atom is -0.507 e. The Balaban J connectivity index is 1.63. The van der Waals surface area contributed by atoms with Gasteiger partial charge in [-0.3, -0.25) is 19.7 Å². The fourth-order valence-corrected chi connectivity index (χ4v) is 5.38. The molecule has 2 N–H and O–H groups in total. The number of methoxy groups -OCH3 is 1. The van der Waals surface area contributed by atoms with Crippen molar-refractivity contribution in [2.24, 2.45) is 0 Å². The van der Waals surface area contributed by atoms with Gasteiger partial charge in [-0.2, -0.15) is 0 Å². The molecular formula is C28H21Cl2N3O6. The van der Waals surface area contributed by atoms with Crippen molar-refractivity contribution in [1.82, 2.24) is 9.88 Å². The average molecular weight is 566 g/mol. The predicted molar refractivity (Wildman–Crippen MR) is 147 cm³/mol. The maximum atomic E-state index is 13.4. The van der Waals surface area contributed by atoms with Crippen LogP contribution in [0.3, 0.4) is 0 Å². The monoisotopic (exact) mass is 565 g/mol. The Morgan fingerprint density at radius 1 is 1.13 bits per heavy atom. The summed E-state index contributed by atoms with van der Waals surface area (Å²) in [5.41, 5.74) is 1.30. The number of aliphatic hydroxyl groups excluding tert-OH is 1. The molecule has 1 atom stereocenters. The van der Waals surface area contributed by atoms with Crippen LogP contribution in [-0.4, -0.2) is 45.3 Å². The number of hydrogen-bond donors (Lipinski definition) is 2. The van der Waals surface area contributed by atoms with E-state index in [9.17, 15) is 24.8 Å². The summed E-state index contributed by atoms with van der Waals surface area (Å²) < 4.78 is 5.33. The first-order chi connectivity index (χ1) is 18.7. The van der Waals surface area contributed by atoms with E-state index in [1.54, 1.807) is 19.4 Å². The van der Waals surface area contributed by atoms with Crippen molar-refractivity contribution in [3.63, 3.8) is 0 Å². The lowest BCUT2D eigenvalue weighted by Gasteiger charge is -2.25. The number of amides is 1. The summed E-state index contributed by atoms with van der Waals surface area (Å²) >= 11 is 12.3. The van der Waals surface area contributed by atoms with Gasteiger partial charge < -0.3 is 19.7 Å². The summed E-state index contributed by atoms with van der Waals surface area (Å²) in [5, 5.41) is 24.4. The predicted octanol–water partition coefficient (Wildman–Crippen LogP) is 6.06. The first-order valence-corrected chi connectivity index (χ1v) is 12.6. The molecule has 0 saturated carbocycles. The number of H-pyrrole nitrogens is 1. The molecule has 1 aromatic heterocycles. The van der Waals surface area contributed by atoms with Crippen molar-refractivity contribution in [2.75, 3.05) is 13.7 Å². The number of para-hydroxylation sites is 1. The first kappa shape index (κ1) is 26.3. The van der Waals surface area contributed by atoms with Crippen LogP contribution in [0.4, 0.5) is 5.69 Å². The number of fused-ring (bicyclic) bond motifs is 1. The lowest BCUT2D eigenvalue weighted by atomic mass is 9.94. The molecule has 1 aliphatic heterocycles.